The highest BCUT2D eigenvalue weighted by Gasteiger charge is 2.03. The maximum Gasteiger partial charge on any atom is 0.142 e. The Kier molecular flexibility index (Phi) is 4.25. The Bertz CT molecular complexity index is 468. The zero-order valence-corrected chi connectivity index (χ0v) is 10.5. The normalized spacial score (nSPS) is 10.8. The average molecular weight is 246 g/mol. The summed E-state index contributed by atoms with van der Waals surface area (Å²) < 4.78 is 10.9. The molecule has 0 fully saturated rings. The molecule has 1 aromatic carbocycles. The number of para-hydroxylation sites is 2. The topological polar surface area (TPSA) is 51.6 Å². The maximum atomic E-state index is 5.79. The van der Waals surface area contributed by atoms with E-state index < -0.39 is 0 Å². The molecule has 1 aromatic heterocycles. The van der Waals surface area contributed by atoms with Crippen molar-refractivity contribution in [3.8, 4) is 5.75 Å². The Morgan fingerprint density at radius 1 is 1.22 bits per heavy atom. The van der Waals surface area contributed by atoms with Crippen molar-refractivity contribution >= 4 is 5.69 Å². The Labute approximate surface area is 107 Å². The van der Waals surface area contributed by atoms with Gasteiger partial charge in [0.05, 0.1) is 18.5 Å². The van der Waals surface area contributed by atoms with Crippen LogP contribution in [0.4, 0.5) is 5.69 Å². The fraction of sp³-hybridized carbons (Fsp3) is 0.286. The summed E-state index contributed by atoms with van der Waals surface area (Å²) in [5.41, 5.74) is 6.47. The van der Waals surface area contributed by atoms with Gasteiger partial charge in [-0.25, -0.2) is 0 Å². The number of hydrogen-bond acceptors (Lipinski definition) is 4. The van der Waals surface area contributed by atoms with Crippen LogP contribution in [-0.4, -0.2) is 25.1 Å². The molecule has 0 bridgehead atoms. The van der Waals surface area contributed by atoms with Gasteiger partial charge in [-0.05, 0) is 31.3 Å². The summed E-state index contributed by atoms with van der Waals surface area (Å²) in [6.45, 7) is 2.20. The highest BCUT2D eigenvalue weighted by atomic mass is 16.5. The molecule has 4 nitrogen and oxygen atoms in total. The van der Waals surface area contributed by atoms with Crippen LogP contribution in [0.3, 0.4) is 0 Å². The van der Waals surface area contributed by atoms with Crippen molar-refractivity contribution in [2.24, 2.45) is 0 Å². The van der Waals surface area contributed by atoms with Gasteiger partial charge in [-0.3, -0.25) is 4.90 Å². The number of nitrogens with zero attached hydrogens (tertiary/aromatic N) is 1. The molecule has 2 N–H and O–H groups in total. The van der Waals surface area contributed by atoms with Gasteiger partial charge < -0.3 is 14.9 Å². The van der Waals surface area contributed by atoms with Crippen LogP contribution in [0.25, 0.3) is 0 Å². The van der Waals surface area contributed by atoms with Crippen molar-refractivity contribution < 1.29 is 9.15 Å². The largest absolute Gasteiger partial charge is 0.490 e. The Morgan fingerprint density at radius 2 is 2.06 bits per heavy atom. The van der Waals surface area contributed by atoms with Gasteiger partial charge in [0.1, 0.15) is 18.1 Å². The molecular weight excluding hydrogens is 228 g/mol. The minimum atomic E-state index is 0.603. The SMILES string of the molecule is CN(CCOc1ccccc1N)Cc1ccco1. The average Bonchev–Trinajstić information content (AvgIpc) is 2.84. The molecule has 18 heavy (non-hydrogen) atoms. The molecule has 2 aromatic rings. The number of furan rings is 1. The number of nitrogen functional groups attached to an aromatic ring is 1. The minimum absolute atomic E-state index is 0.603. The number of rotatable bonds is 6. The molecule has 0 aliphatic rings. The third-order valence-electron chi connectivity index (χ3n) is 2.66. The number of likely N-dealkylation sites (N-methyl/N-ethyl adjacent to an activating group) is 1. The van der Waals surface area contributed by atoms with E-state index in [9.17, 15) is 0 Å². The number of ether oxygens (including phenoxy) is 1. The lowest BCUT2D eigenvalue weighted by atomic mass is 10.3. The summed E-state index contributed by atoms with van der Waals surface area (Å²) in [6.07, 6.45) is 1.68. The van der Waals surface area contributed by atoms with Gasteiger partial charge in [0, 0.05) is 6.54 Å². The molecule has 0 atom stereocenters. The fourth-order valence-electron chi connectivity index (χ4n) is 1.67. The van der Waals surface area contributed by atoms with Gasteiger partial charge in [-0.15, -0.1) is 0 Å². The number of benzene rings is 1. The van der Waals surface area contributed by atoms with E-state index in [2.05, 4.69) is 4.90 Å². The standard InChI is InChI=1S/C14H18N2O2/c1-16(11-12-5-4-9-17-12)8-10-18-14-7-3-2-6-13(14)15/h2-7,9H,8,10-11,15H2,1H3. The van der Waals surface area contributed by atoms with Crippen molar-refractivity contribution in [1.29, 1.82) is 0 Å². The third-order valence-corrected chi connectivity index (χ3v) is 2.66. The summed E-state index contributed by atoms with van der Waals surface area (Å²) in [6, 6.07) is 11.4. The molecule has 4 heteroatoms. The summed E-state index contributed by atoms with van der Waals surface area (Å²) in [7, 11) is 2.03. The van der Waals surface area contributed by atoms with E-state index in [0.717, 1.165) is 24.6 Å². The van der Waals surface area contributed by atoms with Crippen LogP contribution in [0, 0.1) is 0 Å². The van der Waals surface area contributed by atoms with Crippen LogP contribution < -0.4 is 10.5 Å². The van der Waals surface area contributed by atoms with Crippen LogP contribution in [0.2, 0.25) is 0 Å². The zero-order valence-electron chi connectivity index (χ0n) is 10.5. The highest BCUT2D eigenvalue weighted by molar-refractivity contribution is 5.51. The van der Waals surface area contributed by atoms with Gasteiger partial charge >= 0.3 is 0 Å². The summed E-state index contributed by atoms with van der Waals surface area (Å²) in [4.78, 5) is 2.14. The maximum absolute atomic E-state index is 5.79. The second-order valence-electron chi connectivity index (χ2n) is 4.20. The molecule has 96 valence electrons. The number of anilines is 1. The monoisotopic (exact) mass is 246 g/mol. The molecule has 2 rings (SSSR count). The number of hydrogen-bond donors (Lipinski definition) is 1. The molecular formula is C14H18N2O2. The fourth-order valence-corrected chi connectivity index (χ4v) is 1.67. The van der Waals surface area contributed by atoms with Gasteiger partial charge in [-0.2, -0.15) is 0 Å². The van der Waals surface area contributed by atoms with Gasteiger partial charge in [0.25, 0.3) is 0 Å². The highest BCUT2D eigenvalue weighted by Crippen LogP contribution is 2.19. The molecule has 0 radical (unpaired) electrons. The predicted molar refractivity (Wildman–Crippen MR) is 71.4 cm³/mol. The van der Waals surface area contributed by atoms with Crippen LogP contribution in [0.15, 0.2) is 47.1 Å². The van der Waals surface area contributed by atoms with E-state index >= 15 is 0 Å². The molecule has 0 unspecified atom stereocenters. The van der Waals surface area contributed by atoms with Gasteiger partial charge in [-0.1, -0.05) is 12.1 Å². The number of nitrogens with two attached hydrogens (primary N) is 1. The van der Waals surface area contributed by atoms with E-state index in [0.29, 0.717) is 12.3 Å². The first-order chi connectivity index (χ1) is 8.75. The first-order valence-electron chi connectivity index (χ1n) is 5.94. The predicted octanol–water partition coefficient (Wildman–Crippen LogP) is 2.37. The van der Waals surface area contributed by atoms with Crippen LogP contribution in [0.1, 0.15) is 5.76 Å². The second kappa shape index (κ2) is 6.12. The van der Waals surface area contributed by atoms with Crippen LogP contribution >= 0.6 is 0 Å². The molecule has 1 heterocycles. The van der Waals surface area contributed by atoms with Crippen molar-refractivity contribution in [2.45, 2.75) is 6.54 Å². The van der Waals surface area contributed by atoms with Crippen molar-refractivity contribution in [2.75, 3.05) is 25.9 Å². The van der Waals surface area contributed by atoms with E-state index in [-0.39, 0.29) is 0 Å². The molecule has 0 aliphatic carbocycles. The van der Waals surface area contributed by atoms with Gasteiger partial charge in [0.2, 0.25) is 0 Å². The molecule has 0 spiro atoms. The Morgan fingerprint density at radius 3 is 2.78 bits per heavy atom. The van der Waals surface area contributed by atoms with Gasteiger partial charge in [0.15, 0.2) is 0 Å². The van der Waals surface area contributed by atoms with Crippen molar-refractivity contribution in [3.05, 3.63) is 48.4 Å². The second-order valence-corrected chi connectivity index (χ2v) is 4.20. The quantitative estimate of drug-likeness (QED) is 0.795. The lowest BCUT2D eigenvalue weighted by molar-refractivity contribution is 0.223. The molecule has 0 aliphatic heterocycles. The first-order valence-corrected chi connectivity index (χ1v) is 5.94. The van der Waals surface area contributed by atoms with E-state index in [1.54, 1.807) is 6.26 Å². The van der Waals surface area contributed by atoms with E-state index in [1.165, 1.54) is 0 Å². The molecule has 0 saturated heterocycles. The van der Waals surface area contributed by atoms with Crippen LogP contribution in [0.5, 0.6) is 5.75 Å². The summed E-state index contributed by atoms with van der Waals surface area (Å²) in [5.74, 6) is 1.70. The smallest absolute Gasteiger partial charge is 0.142 e. The minimum Gasteiger partial charge on any atom is -0.490 e. The van der Waals surface area contributed by atoms with Crippen molar-refractivity contribution in [3.63, 3.8) is 0 Å². The lowest BCUT2D eigenvalue weighted by Gasteiger charge is -2.16. The van der Waals surface area contributed by atoms with Crippen molar-refractivity contribution in [1.82, 2.24) is 4.90 Å². The molecule has 0 amide bonds. The summed E-state index contributed by atoms with van der Waals surface area (Å²) >= 11 is 0. The third kappa shape index (κ3) is 3.53. The summed E-state index contributed by atoms with van der Waals surface area (Å²) in [5, 5.41) is 0. The Balaban J connectivity index is 1.74. The first kappa shape index (κ1) is 12.5. The Hall–Kier alpha value is -1.94. The molecule has 0 saturated carbocycles. The van der Waals surface area contributed by atoms with E-state index in [4.69, 9.17) is 14.9 Å². The lowest BCUT2D eigenvalue weighted by Crippen LogP contribution is -2.23. The van der Waals surface area contributed by atoms with E-state index in [1.807, 2.05) is 43.4 Å². The van der Waals surface area contributed by atoms with Crippen LogP contribution in [-0.2, 0) is 6.54 Å². The zero-order chi connectivity index (χ0) is 12.8.